The van der Waals surface area contributed by atoms with Gasteiger partial charge in [-0.1, -0.05) is 181 Å². The van der Waals surface area contributed by atoms with Crippen LogP contribution in [0.1, 0.15) is 206 Å². The van der Waals surface area contributed by atoms with Crippen LogP contribution in [0.2, 0.25) is 0 Å². The normalized spacial score (nSPS) is 10.3. The Morgan fingerprint density at radius 3 is 0.650 bits per heavy atom. The average molecular weight is 567 g/mol. The molecule has 0 saturated heterocycles. The van der Waals surface area contributed by atoms with Gasteiger partial charge in [0.05, 0.1) is 0 Å². The topological polar surface area (TPSA) is 86.2 Å². The Kier molecular flexibility index (Phi) is 45.5. The molecule has 0 aliphatic carbocycles. The molecule has 0 rings (SSSR count). The number of unbranched alkanes of at least 4 members (excludes halogenated alkanes) is 26. The van der Waals surface area contributed by atoms with Crippen molar-refractivity contribution in [3.8, 4) is 0 Å². The van der Waals surface area contributed by atoms with Gasteiger partial charge in [0, 0.05) is 12.8 Å². The second-order valence-electron chi connectivity index (χ2n) is 11.6. The van der Waals surface area contributed by atoms with E-state index in [9.17, 15) is 9.59 Å². The Labute approximate surface area is 252 Å². The van der Waals surface area contributed by atoms with Crippen LogP contribution in [0.15, 0.2) is 13.2 Å². The lowest BCUT2D eigenvalue weighted by Crippen LogP contribution is -2.09. The summed E-state index contributed by atoms with van der Waals surface area (Å²) in [5, 5.41) is 0. The van der Waals surface area contributed by atoms with Crippen LogP contribution in [-0.4, -0.2) is 11.8 Å². The molecule has 240 valence electrons. The largest absolute Gasteiger partial charge is 0.370 e. The minimum absolute atomic E-state index is 0.154. The number of primary amides is 2. The average Bonchev–Trinajstić information content (AvgIpc) is 2.94. The molecular formula is C36H74N2O2. The molecule has 2 amide bonds. The molecule has 0 unspecified atom stereocenters. The highest BCUT2D eigenvalue weighted by atomic mass is 16.1. The maximum Gasteiger partial charge on any atom is 0.217 e. The van der Waals surface area contributed by atoms with Gasteiger partial charge in [0.25, 0.3) is 0 Å². The molecule has 0 radical (unpaired) electrons. The number of hydrogen-bond acceptors (Lipinski definition) is 2. The van der Waals surface area contributed by atoms with Crippen molar-refractivity contribution in [3.63, 3.8) is 0 Å². The van der Waals surface area contributed by atoms with E-state index in [4.69, 9.17) is 11.5 Å². The highest BCUT2D eigenvalue weighted by Crippen LogP contribution is 2.14. The van der Waals surface area contributed by atoms with E-state index in [1.165, 1.54) is 167 Å². The van der Waals surface area contributed by atoms with E-state index >= 15 is 0 Å². The van der Waals surface area contributed by atoms with Gasteiger partial charge in [-0.2, -0.15) is 0 Å². The van der Waals surface area contributed by atoms with Gasteiger partial charge in [0.15, 0.2) is 0 Å². The molecule has 0 bridgehead atoms. The van der Waals surface area contributed by atoms with Crippen molar-refractivity contribution < 1.29 is 9.59 Å². The first-order valence-corrected chi connectivity index (χ1v) is 17.6. The Bertz CT molecular complexity index is 439. The predicted octanol–water partition coefficient (Wildman–Crippen LogP) is 11.5. The lowest BCUT2D eigenvalue weighted by atomic mass is 10.0. The smallest absolute Gasteiger partial charge is 0.217 e. The fraction of sp³-hybridized carbons (Fsp3) is 0.889. The van der Waals surface area contributed by atoms with Crippen molar-refractivity contribution in [1.82, 2.24) is 0 Å². The molecule has 0 spiro atoms. The van der Waals surface area contributed by atoms with E-state index < -0.39 is 0 Å². The molecule has 4 nitrogen and oxygen atoms in total. The number of nitrogens with two attached hydrogens (primary N) is 2. The molecule has 4 N–H and O–H groups in total. The van der Waals surface area contributed by atoms with E-state index in [1.54, 1.807) is 0 Å². The summed E-state index contributed by atoms with van der Waals surface area (Å²) in [6.45, 7) is 10.5. The first-order chi connectivity index (χ1) is 19.5. The van der Waals surface area contributed by atoms with Gasteiger partial charge in [-0.3, -0.25) is 9.59 Å². The molecule has 0 aromatic heterocycles. The Hall–Kier alpha value is -1.32. The van der Waals surface area contributed by atoms with Crippen molar-refractivity contribution >= 4 is 11.8 Å². The zero-order valence-electron chi connectivity index (χ0n) is 27.6. The van der Waals surface area contributed by atoms with Crippen LogP contribution >= 0.6 is 0 Å². The number of rotatable bonds is 30. The predicted molar refractivity (Wildman–Crippen MR) is 180 cm³/mol. The molecule has 0 saturated carbocycles. The van der Waals surface area contributed by atoms with Gasteiger partial charge >= 0.3 is 0 Å². The minimum Gasteiger partial charge on any atom is -0.370 e. The molecule has 0 aromatic carbocycles. The summed E-state index contributed by atoms with van der Waals surface area (Å²) in [6, 6.07) is 0. The highest BCUT2D eigenvalue weighted by molar-refractivity contribution is 5.73. The fourth-order valence-electron chi connectivity index (χ4n) is 4.99. The quantitative estimate of drug-likeness (QED) is 0.0669. The molecular weight excluding hydrogens is 492 g/mol. The molecule has 0 fully saturated rings. The monoisotopic (exact) mass is 567 g/mol. The van der Waals surface area contributed by atoms with Crippen molar-refractivity contribution in [2.75, 3.05) is 0 Å². The first-order valence-electron chi connectivity index (χ1n) is 17.6. The van der Waals surface area contributed by atoms with Crippen molar-refractivity contribution in [1.29, 1.82) is 0 Å². The zero-order valence-corrected chi connectivity index (χ0v) is 27.6. The highest BCUT2D eigenvalue weighted by Gasteiger charge is 1.97. The summed E-state index contributed by atoms with van der Waals surface area (Å²) >= 11 is 0. The number of hydrogen-bond donors (Lipinski definition) is 2. The van der Waals surface area contributed by atoms with E-state index in [2.05, 4.69) is 27.0 Å². The third kappa shape index (κ3) is 49.6. The molecule has 0 aliphatic heterocycles. The molecule has 0 atom stereocenters. The van der Waals surface area contributed by atoms with Crippen LogP contribution in [0.3, 0.4) is 0 Å². The van der Waals surface area contributed by atoms with E-state index in [1.807, 2.05) is 0 Å². The minimum atomic E-state index is -0.154. The van der Waals surface area contributed by atoms with Gasteiger partial charge in [0.1, 0.15) is 0 Å². The standard InChI is InChI=1S/2C17H35NO.C2H4/c2*1-2-3-4-5-6-7-8-9-10-11-12-13-14-15-16-17(18)19;1-2/h2*2-16H2,1H3,(H2,18,19);1-2H2. The summed E-state index contributed by atoms with van der Waals surface area (Å²) in [5.74, 6) is -0.308. The van der Waals surface area contributed by atoms with Crippen molar-refractivity contribution in [3.05, 3.63) is 13.2 Å². The van der Waals surface area contributed by atoms with Crippen molar-refractivity contribution in [2.24, 2.45) is 11.5 Å². The van der Waals surface area contributed by atoms with Crippen LogP contribution in [0.5, 0.6) is 0 Å². The van der Waals surface area contributed by atoms with Gasteiger partial charge < -0.3 is 11.5 Å². The lowest BCUT2D eigenvalue weighted by molar-refractivity contribution is -0.119. The van der Waals surface area contributed by atoms with E-state index in [0.29, 0.717) is 12.8 Å². The summed E-state index contributed by atoms with van der Waals surface area (Å²) < 4.78 is 0. The van der Waals surface area contributed by atoms with Crippen LogP contribution in [-0.2, 0) is 9.59 Å². The summed E-state index contributed by atoms with van der Waals surface area (Å²) in [6.07, 6.45) is 38.8. The van der Waals surface area contributed by atoms with Crippen molar-refractivity contribution in [2.45, 2.75) is 206 Å². The maximum atomic E-state index is 10.5. The SMILES string of the molecule is C=C.CCCCCCCCCCCCCCCCC(N)=O.CCCCCCCCCCCCCCCCC(N)=O. The second kappa shape index (κ2) is 42.2. The fourth-order valence-corrected chi connectivity index (χ4v) is 4.99. The van der Waals surface area contributed by atoms with Gasteiger partial charge in [0.2, 0.25) is 11.8 Å². The maximum absolute atomic E-state index is 10.5. The van der Waals surface area contributed by atoms with Crippen LogP contribution in [0, 0.1) is 0 Å². The third-order valence-electron chi connectivity index (χ3n) is 7.55. The second-order valence-corrected chi connectivity index (χ2v) is 11.6. The molecule has 0 heterocycles. The molecule has 40 heavy (non-hydrogen) atoms. The lowest BCUT2D eigenvalue weighted by Gasteiger charge is -2.02. The Morgan fingerprint density at radius 2 is 0.500 bits per heavy atom. The summed E-state index contributed by atoms with van der Waals surface area (Å²) in [5.41, 5.74) is 10.2. The van der Waals surface area contributed by atoms with E-state index in [-0.39, 0.29) is 11.8 Å². The Morgan fingerprint density at radius 1 is 0.350 bits per heavy atom. The Balaban J connectivity index is -0.000000644. The van der Waals surface area contributed by atoms with Gasteiger partial charge in [-0.15, -0.1) is 13.2 Å². The van der Waals surface area contributed by atoms with Gasteiger partial charge in [-0.05, 0) is 12.8 Å². The van der Waals surface area contributed by atoms with Gasteiger partial charge in [-0.25, -0.2) is 0 Å². The number of amides is 2. The summed E-state index contributed by atoms with van der Waals surface area (Å²) in [4.78, 5) is 21.1. The molecule has 0 aromatic rings. The van der Waals surface area contributed by atoms with Crippen LogP contribution in [0.25, 0.3) is 0 Å². The number of carbonyl (C=O) groups excluding carboxylic acids is 2. The first kappa shape index (κ1) is 43.1. The number of carbonyl (C=O) groups is 2. The van der Waals surface area contributed by atoms with E-state index in [0.717, 1.165) is 12.8 Å². The molecule has 0 aliphatic rings. The third-order valence-corrected chi connectivity index (χ3v) is 7.55. The zero-order chi connectivity index (χ0) is 30.4. The van der Waals surface area contributed by atoms with Crippen LogP contribution in [0.4, 0.5) is 0 Å². The summed E-state index contributed by atoms with van der Waals surface area (Å²) in [7, 11) is 0. The molecule has 4 heteroatoms. The van der Waals surface area contributed by atoms with Crippen LogP contribution < -0.4 is 11.5 Å².